The van der Waals surface area contributed by atoms with E-state index in [0.29, 0.717) is 31.7 Å². The number of ether oxygens (including phenoxy) is 1. The van der Waals surface area contributed by atoms with Gasteiger partial charge in [-0.25, -0.2) is 0 Å². The first kappa shape index (κ1) is 21.1. The number of aromatic nitrogens is 2. The Bertz CT molecular complexity index is 957. The van der Waals surface area contributed by atoms with Gasteiger partial charge in [0, 0.05) is 37.7 Å². The van der Waals surface area contributed by atoms with Crippen molar-refractivity contribution in [1.82, 2.24) is 19.5 Å². The van der Waals surface area contributed by atoms with Gasteiger partial charge in [-0.2, -0.15) is 18.3 Å². The highest BCUT2D eigenvalue weighted by atomic mass is 19.4. The monoisotopic (exact) mass is 438 g/mol. The number of piperazine rings is 1. The molecule has 2 aliphatic rings. The fourth-order valence-electron chi connectivity index (χ4n) is 3.75. The molecule has 0 aliphatic carbocycles. The number of fused-ring (bicyclic) bond motifs is 1. The zero-order valence-corrected chi connectivity index (χ0v) is 16.7. The molecule has 0 spiro atoms. The van der Waals surface area contributed by atoms with Crippen LogP contribution in [0.5, 0.6) is 6.01 Å². The van der Waals surface area contributed by atoms with Crippen LogP contribution in [0.2, 0.25) is 0 Å². The Hall–Kier alpha value is -3.15. The largest absolute Gasteiger partial charge is 0.436 e. The summed E-state index contributed by atoms with van der Waals surface area (Å²) in [6.07, 6.45) is -1.41. The summed E-state index contributed by atoms with van der Waals surface area (Å²) in [6.45, 7) is 5.89. The lowest BCUT2D eigenvalue weighted by Gasteiger charge is -2.36. The fourth-order valence-corrected chi connectivity index (χ4v) is 3.75. The molecule has 31 heavy (non-hydrogen) atoms. The lowest BCUT2D eigenvalue weighted by atomic mass is 10.1. The van der Waals surface area contributed by atoms with Crippen molar-refractivity contribution in [2.75, 3.05) is 32.7 Å². The summed E-state index contributed by atoms with van der Waals surface area (Å²) < 4.78 is 45.4. The van der Waals surface area contributed by atoms with E-state index in [0.717, 1.165) is 25.2 Å². The summed E-state index contributed by atoms with van der Waals surface area (Å²) in [4.78, 5) is 16.4. The Balaban J connectivity index is 1.26. The second-order valence-electron chi connectivity index (χ2n) is 7.91. The van der Waals surface area contributed by atoms with Crippen molar-refractivity contribution < 1.29 is 22.8 Å². The zero-order chi connectivity index (χ0) is 22.2. The van der Waals surface area contributed by atoms with E-state index in [2.05, 4.69) is 15.0 Å². The SMILES string of the molecule is CC1(CN2CCN(N=Cc3ccc(C(F)(F)F)cc3)CC2)Cn2cc([N+](=O)[O-])nc2O1. The van der Waals surface area contributed by atoms with Gasteiger partial charge in [0.15, 0.2) is 0 Å². The first-order chi connectivity index (χ1) is 14.6. The molecule has 12 heteroatoms. The number of hydrogen-bond donors (Lipinski definition) is 0. The number of hydrazone groups is 1. The van der Waals surface area contributed by atoms with Crippen LogP contribution in [0.25, 0.3) is 0 Å². The highest BCUT2D eigenvalue weighted by Gasteiger charge is 2.41. The minimum Gasteiger partial charge on any atom is -0.436 e. The molecular weight excluding hydrogens is 417 g/mol. The van der Waals surface area contributed by atoms with Crippen LogP contribution in [0, 0.1) is 10.1 Å². The van der Waals surface area contributed by atoms with Gasteiger partial charge >= 0.3 is 18.0 Å². The van der Waals surface area contributed by atoms with Crippen molar-refractivity contribution in [2.45, 2.75) is 25.2 Å². The molecule has 0 radical (unpaired) electrons. The van der Waals surface area contributed by atoms with E-state index in [1.54, 1.807) is 10.8 Å². The van der Waals surface area contributed by atoms with Crippen molar-refractivity contribution >= 4 is 12.0 Å². The number of hydrogen-bond acceptors (Lipinski definition) is 7. The molecule has 1 saturated heterocycles. The molecule has 0 N–H and O–H groups in total. The lowest BCUT2D eigenvalue weighted by molar-refractivity contribution is -0.389. The Morgan fingerprint density at radius 3 is 2.52 bits per heavy atom. The van der Waals surface area contributed by atoms with Gasteiger partial charge in [-0.15, -0.1) is 0 Å². The van der Waals surface area contributed by atoms with Gasteiger partial charge in [0.1, 0.15) is 11.8 Å². The molecule has 0 amide bonds. The minimum absolute atomic E-state index is 0.225. The van der Waals surface area contributed by atoms with E-state index >= 15 is 0 Å². The van der Waals surface area contributed by atoms with E-state index in [4.69, 9.17) is 4.74 Å². The highest BCUT2D eigenvalue weighted by molar-refractivity contribution is 5.79. The van der Waals surface area contributed by atoms with Crippen LogP contribution in [0.3, 0.4) is 0 Å². The first-order valence-corrected chi connectivity index (χ1v) is 9.70. The van der Waals surface area contributed by atoms with Gasteiger partial charge in [-0.05, 0) is 29.5 Å². The quantitative estimate of drug-likeness (QED) is 0.405. The summed E-state index contributed by atoms with van der Waals surface area (Å²) in [6, 6.07) is 5.14. The predicted octanol–water partition coefficient (Wildman–Crippen LogP) is 2.61. The zero-order valence-electron chi connectivity index (χ0n) is 16.7. The second-order valence-corrected chi connectivity index (χ2v) is 7.91. The fraction of sp³-hybridized carbons (Fsp3) is 0.474. The molecule has 0 saturated carbocycles. The average Bonchev–Trinajstić information content (AvgIpc) is 3.22. The van der Waals surface area contributed by atoms with Crippen LogP contribution in [0.4, 0.5) is 19.0 Å². The van der Waals surface area contributed by atoms with E-state index in [9.17, 15) is 23.3 Å². The van der Waals surface area contributed by atoms with Gasteiger partial charge in [-0.1, -0.05) is 12.1 Å². The lowest BCUT2D eigenvalue weighted by Crippen LogP contribution is -2.51. The maximum Gasteiger partial charge on any atom is 0.416 e. The third-order valence-electron chi connectivity index (χ3n) is 5.27. The van der Waals surface area contributed by atoms with Gasteiger partial charge in [0.2, 0.25) is 0 Å². The molecule has 2 aliphatic heterocycles. The Labute approximate surface area is 175 Å². The van der Waals surface area contributed by atoms with Gasteiger partial charge in [0.25, 0.3) is 0 Å². The second kappa shape index (κ2) is 7.84. The minimum atomic E-state index is -4.35. The predicted molar refractivity (Wildman–Crippen MR) is 105 cm³/mol. The van der Waals surface area contributed by atoms with Gasteiger partial charge < -0.3 is 14.9 Å². The molecule has 1 aromatic carbocycles. The molecule has 166 valence electrons. The van der Waals surface area contributed by atoms with Gasteiger partial charge in [0.05, 0.1) is 18.3 Å². The normalized spacial score (nSPS) is 22.0. The standard InChI is InChI=1S/C19H21F3N6O3/c1-18(13-26-11-16(28(29)30)24-17(26)31-18)12-25-6-8-27(9-7-25)23-10-14-2-4-15(5-3-14)19(20,21)22/h2-5,10-11H,6-9,12-13H2,1H3. The van der Waals surface area contributed by atoms with Gasteiger partial charge in [-0.3, -0.25) is 14.5 Å². The highest BCUT2D eigenvalue weighted by Crippen LogP contribution is 2.32. The maximum absolute atomic E-state index is 12.6. The summed E-state index contributed by atoms with van der Waals surface area (Å²) in [7, 11) is 0. The number of halogens is 3. The molecular formula is C19H21F3N6O3. The first-order valence-electron chi connectivity index (χ1n) is 9.70. The number of benzene rings is 1. The molecule has 0 bridgehead atoms. The Kier molecular flexibility index (Phi) is 5.33. The molecule has 2 aromatic rings. The number of nitro groups is 1. The molecule has 1 atom stereocenters. The van der Waals surface area contributed by atoms with Crippen molar-refractivity contribution in [1.29, 1.82) is 0 Å². The van der Waals surface area contributed by atoms with E-state index in [1.165, 1.54) is 18.3 Å². The third-order valence-corrected chi connectivity index (χ3v) is 5.27. The van der Waals surface area contributed by atoms with Crippen LogP contribution in [0.1, 0.15) is 18.1 Å². The van der Waals surface area contributed by atoms with Crippen LogP contribution in [0.15, 0.2) is 35.6 Å². The summed E-state index contributed by atoms with van der Waals surface area (Å²) in [5.41, 5.74) is -0.605. The van der Waals surface area contributed by atoms with Crippen LogP contribution < -0.4 is 4.74 Å². The van der Waals surface area contributed by atoms with Crippen molar-refractivity contribution in [3.05, 3.63) is 51.7 Å². The molecule has 1 fully saturated rings. The van der Waals surface area contributed by atoms with Crippen LogP contribution in [-0.4, -0.2) is 68.9 Å². The van der Waals surface area contributed by atoms with E-state index in [1.807, 2.05) is 11.9 Å². The average molecular weight is 438 g/mol. The topological polar surface area (TPSA) is 89.0 Å². The number of rotatable bonds is 5. The van der Waals surface area contributed by atoms with Crippen LogP contribution >= 0.6 is 0 Å². The Morgan fingerprint density at radius 2 is 1.94 bits per heavy atom. The Morgan fingerprint density at radius 1 is 1.26 bits per heavy atom. The molecule has 9 nitrogen and oxygen atoms in total. The summed E-state index contributed by atoms with van der Waals surface area (Å²) >= 11 is 0. The van der Waals surface area contributed by atoms with Crippen molar-refractivity contribution in [2.24, 2.45) is 5.10 Å². The number of imidazole rings is 1. The third kappa shape index (κ3) is 4.79. The van der Waals surface area contributed by atoms with E-state index in [-0.39, 0.29) is 11.8 Å². The van der Waals surface area contributed by atoms with Crippen molar-refractivity contribution in [3.8, 4) is 6.01 Å². The molecule has 1 unspecified atom stereocenters. The molecule has 4 rings (SSSR count). The smallest absolute Gasteiger partial charge is 0.416 e. The number of alkyl halides is 3. The maximum atomic E-state index is 12.6. The molecule has 3 heterocycles. The van der Waals surface area contributed by atoms with Crippen LogP contribution in [-0.2, 0) is 12.7 Å². The summed E-state index contributed by atoms with van der Waals surface area (Å²) in [5, 5.41) is 17.1. The van der Waals surface area contributed by atoms with E-state index < -0.39 is 22.3 Å². The number of nitrogens with zero attached hydrogens (tertiary/aromatic N) is 6. The van der Waals surface area contributed by atoms with Crippen molar-refractivity contribution in [3.63, 3.8) is 0 Å². The summed E-state index contributed by atoms with van der Waals surface area (Å²) in [5.74, 6) is -0.225. The molecule has 1 aromatic heterocycles.